The van der Waals surface area contributed by atoms with Crippen molar-refractivity contribution in [3.8, 4) is 0 Å². The van der Waals surface area contributed by atoms with Gasteiger partial charge in [-0.15, -0.1) is 0 Å². The number of carbonyl (C=O) groups is 3. The van der Waals surface area contributed by atoms with Gasteiger partial charge in [0.25, 0.3) is 0 Å². The Labute approximate surface area is 116 Å². The van der Waals surface area contributed by atoms with E-state index in [0.29, 0.717) is 13.1 Å². The fourth-order valence-electron chi connectivity index (χ4n) is 2.18. The molecule has 8 nitrogen and oxygen atoms in total. The lowest BCUT2D eigenvalue weighted by Gasteiger charge is -2.27. The van der Waals surface area contributed by atoms with Gasteiger partial charge in [0.2, 0.25) is 5.91 Å². The Hall–Kier alpha value is -1.83. The molecule has 0 aromatic carbocycles. The van der Waals surface area contributed by atoms with Crippen LogP contribution in [0.2, 0.25) is 0 Å². The van der Waals surface area contributed by atoms with E-state index in [2.05, 4.69) is 16.0 Å². The maximum absolute atomic E-state index is 11.8. The van der Waals surface area contributed by atoms with E-state index in [-0.39, 0.29) is 18.4 Å². The highest BCUT2D eigenvalue weighted by molar-refractivity contribution is 5.86. The van der Waals surface area contributed by atoms with Gasteiger partial charge in [0.05, 0.1) is 6.54 Å². The Kier molecular flexibility index (Phi) is 4.78. The number of carbonyl (C=O) groups excluding carboxylic acids is 2. The predicted molar refractivity (Wildman–Crippen MR) is 70.1 cm³/mol. The molecule has 1 heterocycles. The summed E-state index contributed by atoms with van der Waals surface area (Å²) in [7, 11) is 0. The predicted octanol–water partition coefficient (Wildman–Crippen LogP) is -1.42. The zero-order chi connectivity index (χ0) is 14.5. The van der Waals surface area contributed by atoms with Crippen molar-refractivity contribution >= 4 is 17.9 Å². The van der Waals surface area contributed by atoms with Crippen molar-refractivity contribution in [2.75, 3.05) is 32.7 Å². The molecule has 2 fully saturated rings. The van der Waals surface area contributed by atoms with Crippen LogP contribution in [0.15, 0.2) is 0 Å². The van der Waals surface area contributed by atoms with E-state index >= 15 is 0 Å². The van der Waals surface area contributed by atoms with Crippen LogP contribution in [0.4, 0.5) is 4.79 Å². The first-order valence-electron chi connectivity index (χ1n) is 6.83. The van der Waals surface area contributed by atoms with Crippen LogP contribution >= 0.6 is 0 Å². The molecule has 8 heteroatoms. The summed E-state index contributed by atoms with van der Waals surface area (Å²) in [5.74, 6) is -1.17. The van der Waals surface area contributed by atoms with Crippen LogP contribution in [0.25, 0.3) is 0 Å². The van der Waals surface area contributed by atoms with Crippen LogP contribution in [0.1, 0.15) is 12.8 Å². The number of urea groups is 1. The maximum atomic E-state index is 11.8. The summed E-state index contributed by atoms with van der Waals surface area (Å²) >= 11 is 0. The summed E-state index contributed by atoms with van der Waals surface area (Å²) in [5.41, 5.74) is 0. The molecule has 2 aliphatic rings. The zero-order valence-electron chi connectivity index (χ0n) is 11.2. The molecular weight excluding hydrogens is 264 g/mol. The number of aliphatic carboxylic acids is 1. The normalized spacial score (nSPS) is 20.1. The molecule has 1 saturated carbocycles. The van der Waals surface area contributed by atoms with Crippen molar-refractivity contribution in [2.24, 2.45) is 5.92 Å². The smallest absolute Gasteiger partial charge is 0.326 e. The second-order valence-electron chi connectivity index (χ2n) is 5.11. The molecule has 0 aromatic rings. The van der Waals surface area contributed by atoms with E-state index in [4.69, 9.17) is 5.11 Å². The molecule has 112 valence electrons. The third-order valence-corrected chi connectivity index (χ3v) is 3.52. The van der Waals surface area contributed by atoms with Crippen molar-refractivity contribution in [3.05, 3.63) is 0 Å². The molecule has 2 rings (SSSR count). The summed E-state index contributed by atoms with van der Waals surface area (Å²) in [6, 6.07) is -1.46. The number of nitrogens with zero attached hydrogens (tertiary/aromatic N) is 1. The number of piperazine rings is 1. The van der Waals surface area contributed by atoms with Gasteiger partial charge >= 0.3 is 12.0 Å². The molecule has 0 spiro atoms. The van der Waals surface area contributed by atoms with Crippen molar-refractivity contribution in [1.29, 1.82) is 0 Å². The lowest BCUT2D eigenvalue weighted by molar-refractivity contribution is -0.139. The quantitative estimate of drug-likeness (QED) is 0.495. The van der Waals surface area contributed by atoms with Crippen molar-refractivity contribution in [2.45, 2.75) is 18.9 Å². The van der Waals surface area contributed by atoms with Gasteiger partial charge in [-0.25, -0.2) is 9.59 Å². The highest BCUT2D eigenvalue weighted by Gasteiger charge is 2.37. The van der Waals surface area contributed by atoms with E-state index in [1.54, 1.807) is 4.90 Å². The van der Waals surface area contributed by atoms with Gasteiger partial charge in [0, 0.05) is 26.2 Å². The largest absolute Gasteiger partial charge is 0.480 e. The Morgan fingerprint density at radius 1 is 1.25 bits per heavy atom. The van der Waals surface area contributed by atoms with Crippen molar-refractivity contribution in [1.82, 2.24) is 20.9 Å². The minimum absolute atomic E-state index is 0.0159. The third kappa shape index (κ3) is 4.09. The first-order chi connectivity index (χ1) is 9.58. The van der Waals surface area contributed by atoms with Crippen LogP contribution in [0, 0.1) is 5.92 Å². The SMILES string of the molecule is O=C(NCC(=O)N1CCNCC1)NC(C(=O)O)C1CC1. The third-order valence-electron chi connectivity index (χ3n) is 3.52. The molecule has 1 aliphatic heterocycles. The number of rotatable bonds is 5. The molecule has 0 bridgehead atoms. The lowest BCUT2D eigenvalue weighted by Crippen LogP contribution is -2.52. The molecule has 0 aromatic heterocycles. The molecule has 20 heavy (non-hydrogen) atoms. The summed E-state index contributed by atoms with van der Waals surface area (Å²) < 4.78 is 0. The maximum Gasteiger partial charge on any atom is 0.326 e. The summed E-state index contributed by atoms with van der Waals surface area (Å²) in [6.07, 6.45) is 1.63. The van der Waals surface area contributed by atoms with Gasteiger partial charge in [-0.1, -0.05) is 0 Å². The standard InChI is InChI=1S/C12H20N4O4/c17-9(16-5-3-13-4-6-16)7-14-12(20)15-10(11(18)19)8-1-2-8/h8,10,13H,1-7H2,(H,18,19)(H2,14,15,20). The average molecular weight is 284 g/mol. The van der Waals surface area contributed by atoms with Crippen molar-refractivity contribution in [3.63, 3.8) is 0 Å². The van der Waals surface area contributed by atoms with Gasteiger partial charge in [-0.05, 0) is 18.8 Å². The Bertz CT molecular complexity index is 391. The number of amides is 3. The molecule has 0 radical (unpaired) electrons. The fourth-order valence-corrected chi connectivity index (χ4v) is 2.18. The van der Waals surface area contributed by atoms with Crippen molar-refractivity contribution < 1.29 is 19.5 Å². The average Bonchev–Trinajstić information content (AvgIpc) is 3.27. The minimum Gasteiger partial charge on any atom is -0.480 e. The van der Waals surface area contributed by atoms with E-state index in [9.17, 15) is 14.4 Å². The van der Waals surface area contributed by atoms with E-state index in [1.165, 1.54) is 0 Å². The van der Waals surface area contributed by atoms with Crippen LogP contribution in [0.3, 0.4) is 0 Å². The molecule has 4 N–H and O–H groups in total. The monoisotopic (exact) mass is 284 g/mol. The highest BCUT2D eigenvalue weighted by Crippen LogP contribution is 2.32. The summed E-state index contributed by atoms with van der Waals surface area (Å²) in [4.78, 5) is 36.1. The number of carboxylic acids is 1. The van der Waals surface area contributed by atoms with Gasteiger partial charge in [-0.2, -0.15) is 0 Å². The zero-order valence-corrected chi connectivity index (χ0v) is 11.2. The minimum atomic E-state index is -1.03. The van der Waals surface area contributed by atoms with Gasteiger partial charge in [0.15, 0.2) is 0 Å². The Morgan fingerprint density at radius 3 is 2.45 bits per heavy atom. The second kappa shape index (κ2) is 6.56. The molecule has 1 aliphatic carbocycles. The summed E-state index contributed by atoms with van der Waals surface area (Å²) in [6.45, 7) is 2.65. The van der Waals surface area contributed by atoms with E-state index in [0.717, 1.165) is 25.9 Å². The van der Waals surface area contributed by atoms with E-state index < -0.39 is 18.0 Å². The highest BCUT2D eigenvalue weighted by atomic mass is 16.4. The van der Waals surface area contributed by atoms with Crippen LogP contribution in [-0.2, 0) is 9.59 Å². The summed E-state index contributed by atoms with van der Waals surface area (Å²) in [5, 5.41) is 16.9. The Morgan fingerprint density at radius 2 is 1.90 bits per heavy atom. The fraction of sp³-hybridized carbons (Fsp3) is 0.750. The first kappa shape index (κ1) is 14.6. The van der Waals surface area contributed by atoms with Gasteiger partial charge in [-0.3, -0.25) is 4.79 Å². The topological polar surface area (TPSA) is 111 Å². The number of carboxylic acid groups (broad SMARTS) is 1. The number of nitrogens with one attached hydrogen (secondary N) is 3. The van der Waals surface area contributed by atoms with Gasteiger partial charge in [0.1, 0.15) is 6.04 Å². The molecule has 1 atom stereocenters. The Balaban J connectivity index is 1.71. The first-order valence-corrected chi connectivity index (χ1v) is 6.83. The molecule has 1 saturated heterocycles. The van der Waals surface area contributed by atoms with Crippen LogP contribution in [-0.4, -0.2) is 66.7 Å². The molecule has 3 amide bonds. The lowest BCUT2D eigenvalue weighted by atomic mass is 10.2. The second-order valence-corrected chi connectivity index (χ2v) is 5.11. The molecular formula is C12H20N4O4. The molecule has 1 unspecified atom stereocenters. The van der Waals surface area contributed by atoms with Crippen LogP contribution < -0.4 is 16.0 Å². The van der Waals surface area contributed by atoms with E-state index in [1.807, 2.05) is 0 Å². The van der Waals surface area contributed by atoms with Crippen LogP contribution in [0.5, 0.6) is 0 Å². The number of hydrogen-bond acceptors (Lipinski definition) is 4. The number of hydrogen-bond donors (Lipinski definition) is 4. The van der Waals surface area contributed by atoms with Gasteiger partial charge < -0.3 is 26.0 Å².